The summed E-state index contributed by atoms with van der Waals surface area (Å²) in [6.45, 7) is 0.541. The zero-order chi connectivity index (χ0) is 19.4. The van der Waals surface area contributed by atoms with Gasteiger partial charge in [-0.1, -0.05) is 32.1 Å². The normalized spacial score (nSPS) is 10.4. The summed E-state index contributed by atoms with van der Waals surface area (Å²) < 4.78 is 15.4. The molecule has 1 aromatic rings. The fourth-order valence-corrected chi connectivity index (χ4v) is 2.56. The molecule has 7 heteroatoms. The summed E-state index contributed by atoms with van der Waals surface area (Å²) in [5.41, 5.74) is 0.0560. The van der Waals surface area contributed by atoms with Crippen molar-refractivity contribution < 1.29 is 34.0 Å². The maximum atomic E-state index is 12.3. The van der Waals surface area contributed by atoms with E-state index in [0.717, 1.165) is 44.9 Å². The van der Waals surface area contributed by atoms with Crippen molar-refractivity contribution in [1.29, 1.82) is 0 Å². The number of aromatic carboxylic acids is 1. The number of aliphatic hydroxyl groups excluding tert-OH is 1. The molecule has 26 heavy (non-hydrogen) atoms. The minimum absolute atomic E-state index is 0.0770. The van der Waals surface area contributed by atoms with Crippen molar-refractivity contribution in [3.63, 3.8) is 0 Å². The number of ether oxygens (including phenoxy) is 3. The minimum Gasteiger partial charge on any atom is -0.496 e. The summed E-state index contributed by atoms with van der Waals surface area (Å²) in [5, 5.41) is 17.9. The number of carboxylic acids is 1. The van der Waals surface area contributed by atoms with E-state index < -0.39 is 11.9 Å². The van der Waals surface area contributed by atoms with Crippen LogP contribution >= 0.6 is 0 Å². The van der Waals surface area contributed by atoms with Gasteiger partial charge in [-0.2, -0.15) is 0 Å². The van der Waals surface area contributed by atoms with Crippen molar-refractivity contribution >= 4 is 11.9 Å². The van der Waals surface area contributed by atoms with Crippen LogP contribution in [0.15, 0.2) is 12.1 Å². The van der Waals surface area contributed by atoms with Gasteiger partial charge in [0.2, 0.25) is 0 Å². The van der Waals surface area contributed by atoms with Gasteiger partial charge in [-0.05, 0) is 25.0 Å². The van der Waals surface area contributed by atoms with Crippen LogP contribution in [-0.4, -0.2) is 49.6 Å². The number of carboxylic acid groups (broad SMARTS) is 1. The topological polar surface area (TPSA) is 102 Å². The summed E-state index contributed by atoms with van der Waals surface area (Å²) in [6, 6.07) is 2.58. The standard InChI is InChI=1S/C19H28O7/c1-24-16-13-15(17(25-2)12-14(16)18(21)22)19(23)26-11-9-7-5-3-4-6-8-10-20/h12-13,20H,3-11H2,1-2H3,(H,21,22). The van der Waals surface area contributed by atoms with Crippen molar-refractivity contribution in [2.45, 2.75) is 44.9 Å². The van der Waals surface area contributed by atoms with Crippen LogP contribution < -0.4 is 9.47 Å². The molecule has 0 amide bonds. The van der Waals surface area contributed by atoms with Gasteiger partial charge >= 0.3 is 11.9 Å². The highest BCUT2D eigenvalue weighted by molar-refractivity contribution is 5.97. The first-order valence-corrected chi connectivity index (χ1v) is 8.82. The van der Waals surface area contributed by atoms with Crippen LogP contribution in [0, 0.1) is 0 Å². The number of hydrogen-bond acceptors (Lipinski definition) is 6. The van der Waals surface area contributed by atoms with E-state index in [2.05, 4.69) is 0 Å². The predicted molar refractivity (Wildman–Crippen MR) is 96.2 cm³/mol. The molecule has 0 aliphatic rings. The van der Waals surface area contributed by atoms with E-state index in [9.17, 15) is 14.7 Å². The lowest BCUT2D eigenvalue weighted by molar-refractivity contribution is 0.0492. The number of aliphatic hydroxyl groups is 1. The Morgan fingerprint density at radius 2 is 1.35 bits per heavy atom. The minimum atomic E-state index is -1.17. The molecule has 0 unspecified atom stereocenters. The lowest BCUT2D eigenvalue weighted by atomic mass is 10.1. The third kappa shape index (κ3) is 6.92. The third-order valence-electron chi connectivity index (χ3n) is 4.01. The molecule has 0 spiro atoms. The van der Waals surface area contributed by atoms with Gasteiger partial charge in [0.15, 0.2) is 0 Å². The second-order valence-electron chi connectivity index (χ2n) is 5.89. The first-order chi connectivity index (χ1) is 12.5. The molecule has 0 radical (unpaired) electrons. The van der Waals surface area contributed by atoms with E-state index in [-0.39, 0.29) is 29.2 Å². The van der Waals surface area contributed by atoms with Crippen molar-refractivity contribution in [3.05, 3.63) is 23.3 Å². The predicted octanol–water partition coefficient (Wildman–Crippen LogP) is 3.28. The van der Waals surface area contributed by atoms with Crippen LogP contribution in [0.1, 0.15) is 65.7 Å². The monoisotopic (exact) mass is 368 g/mol. The summed E-state index contributed by atoms with van der Waals surface area (Å²) in [7, 11) is 2.70. The first kappa shape index (κ1) is 21.8. The Hall–Kier alpha value is -2.28. The van der Waals surface area contributed by atoms with Gasteiger partial charge in [-0.25, -0.2) is 9.59 Å². The summed E-state index contributed by atoms with van der Waals surface area (Å²) in [4.78, 5) is 23.5. The number of esters is 1. The van der Waals surface area contributed by atoms with Gasteiger partial charge in [0, 0.05) is 6.61 Å². The Morgan fingerprint density at radius 3 is 1.88 bits per heavy atom. The second-order valence-corrected chi connectivity index (χ2v) is 5.89. The van der Waals surface area contributed by atoms with E-state index in [4.69, 9.17) is 19.3 Å². The maximum absolute atomic E-state index is 12.3. The molecule has 2 N–H and O–H groups in total. The number of hydrogen-bond donors (Lipinski definition) is 2. The maximum Gasteiger partial charge on any atom is 0.342 e. The number of benzene rings is 1. The molecular formula is C19H28O7. The molecule has 1 rings (SSSR count). The summed E-state index contributed by atoms with van der Waals surface area (Å²) >= 11 is 0. The van der Waals surface area contributed by atoms with E-state index in [1.54, 1.807) is 0 Å². The molecule has 7 nitrogen and oxygen atoms in total. The molecule has 0 fully saturated rings. The lowest BCUT2D eigenvalue weighted by Gasteiger charge is -2.12. The fraction of sp³-hybridized carbons (Fsp3) is 0.579. The first-order valence-electron chi connectivity index (χ1n) is 8.82. The molecule has 0 saturated heterocycles. The van der Waals surface area contributed by atoms with Gasteiger partial charge < -0.3 is 24.4 Å². The smallest absolute Gasteiger partial charge is 0.342 e. The van der Waals surface area contributed by atoms with E-state index in [0.29, 0.717) is 6.61 Å². The van der Waals surface area contributed by atoms with Crippen molar-refractivity contribution in [2.24, 2.45) is 0 Å². The Balaban J connectivity index is 2.50. The number of carbonyl (C=O) groups excluding carboxylic acids is 1. The Kier molecular flexibility index (Phi) is 10.2. The van der Waals surface area contributed by atoms with Crippen molar-refractivity contribution in [3.8, 4) is 11.5 Å². The summed E-state index contributed by atoms with van der Waals surface area (Å²) in [6.07, 6.45) is 6.89. The molecule has 1 aromatic carbocycles. The third-order valence-corrected chi connectivity index (χ3v) is 4.01. The van der Waals surface area contributed by atoms with E-state index >= 15 is 0 Å². The highest BCUT2D eigenvalue weighted by atomic mass is 16.5. The Labute approximate surface area is 153 Å². The highest BCUT2D eigenvalue weighted by Gasteiger charge is 2.21. The quantitative estimate of drug-likeness (QED) is 0.407. The largest absolute Gasteiger partial charge is 0.496 e. The van der Waals surface area contributed by atoms with Crippen molar-refractivity contribution in [1.82, 2.24) is 0 Å². The average Bonchev–Trinajstić information content (AvgIpc) is 2.65. The number of rotatable bonds is 13. The lowest BCUT2D eigenvalue weighted by Crippen LogP contribution is -2.10. The molecule has 0 aliphatic heterocycles. The van der Waals surface area contributed by atoms with Crippen LogP contribution in [0.5, 0.6) is 11.5 Å². The van der Waals surface area contributed by atoms with Crippen LogP contribution in [0.4, 0.5) is 0 Å². The zero-order valence-electron chi connectivity index (χ0n) is 15.5. The zero-order valence-corrected chi connectivity index (χ0v) is 15.5. The molecule has 0 atom stereocenters. The van der Waals surface area contributed by atoms with E-state index in [1.165, 1.54) is 26.4 Å². The second kappa shape index (κ2) is 12.1. The number of methoxy groups -OCH3 is 2. The van der Waals surface area contributed by atoms with Gasteiger partial charge in [0.25, 0.3) is 0 Å². The molecule has 0 saturated carbocycles. The molecule has 0 heterocycles. The molecule has 0 bridgehead atoms. The van der Waals surface area contributed by atoms with Crippen LogP contribution in [0.25, 0.3) is 0 Å². The fourth-order valence-electron chi connectivity index (χ4n) is 2.56. The van der Waals surface area contributed by atoms with E-state index in [1.807, 2.05) is 0 Å². The Morgan fingerprint density at radius 1 is 0.846 bits per heavy atom. The molecular weight excluding hydrogens is 340 g/mol. The Bertz CT molecular complexity index is 583. The molecule has 0 aromatic heterocycles. The van der Waals surface area contributed by atoms with Crippen LogP contribution in [0.3, 0.4) is 0 Å². The van der Waals surface area contributed by atoms with Gasteiger partial charge in [0.1, 0.15) is 22.6 Å². The molecule has 146 valence electrons. The van der Waals surface area contributed by atoms with Crippen LogP contribution in [-0.2, 0) is 4.74 Å². The van der Waals surface area contributed by atoms with Gasteiger partial charge in [-0.15, -0.1) is 0 Å². The SMILES string of the molecule is COc1cc(C(=O)OCCCCCCCCCO)c(OC)cc1C(=O)O. The molecule has 0 aliphatic carbocycles. The van der Waals surface area contributed by atoms with Gasteiger partial charge in [-0.3, -0.25) is 0 Å². The van der Waals surface area contributed by atoms with Crippen LogP contribution in [0.2, 0.25) is 0 Å². The average molecular weight is 368 g/mol. The van der Waals surface area contributed by atoms with Crippen molar-refractivity contribution in [2.75, 3.05) is 27.4 Å². The number of carbonyl (C=O) groups is 2. The highest BCUT2D eigenvalue weighted by Crippen LogP contribution is 2.29. The van der Waals surface area contributed by atoms with Gasteiger partial charge in [0.05, 0.1) is 20.8 Å². The summed E-state index contributed by atoms with van der Waals surface area (Å²) in [5.74, 6) is -1.52. The number of unbranched alkanes of at least 4 members (excludes halogenated alkanes) is 6.